The van der Waals surface area contributed by atoms with Crippen molar-refractivity contribution in [3.05, 3.63) is 57.3 Å². The van der Waals surface area contributed by atoms with Gasteiger partial charge in [0.15, 0.2) is 0 Å². The van der Waals surface area contributed by atoms with Gasteiger partial charge in [0, 0.05) is 22.3 Å². The van der Waals surface area contributed by atoms with Gasteiger partial charge in [-0.2, -0.15) is 0 Å². The third-order valence-electron chi connectivity index (χ3n) is 2.96. The molecule has 0 saturated heterocycles. The number of hydrogen-bond acceptors (Lipinski definition) is 2. The number of aryl methyl sites for hydroxylation is 2. The Morgan fingerprint density at radius 1 is 1.06 bits per heavy atom. The standard InChI is InChI=1S/C15H19NS/c1-11-4-7-14(8-5-11)13(3)16-10-15-9-6-12(2)17-15/h4-9,13,16H,10H2,1-3H3/t13-/m1/s1. The summed E-state index contributed by atoms with van der Waals surface area (Å²) < 4.78 is 0. The first kappa shape index (κ1) is 12.3. The summed E-state index contributed by atoms with van der Waals surface area (Å²) in [4.78, 5) is 2.78. The van der Waals surface area contributed by atoms with Gasteiger partial charge in [-0.3, -0.25) is 0 Å². The summed E-state index contributed by atoms with van der Waals surface area (Å²) in [5.41, 5.74) is 2.67. The van der Waals surface area contributed by atoms with Crippen molar-refractivity contribution in [1.82, 2.24) is 5.32 Å². The van der Waals surface area contributed by atoms with Crippen LogP contribution in [0.1, 0.15) is 33.8 Å². The van der Waals surface area contributed by atoms with E-state index in [4.69, 9.17) is 0 Å². The SMILES string of the molecule is Cc1ccc([C@@H](C)NCc2ccc(C)s2)cc1. The lowest BCUT2D eigenvalue weighted by atomic mass is 10.1. The molecule has 0 radical (unpaired) electrons. The molecule has 17 heavy (non-hydrogen) atoms. The molecule has 0 aliphatic heterocycles. The van der Waals surface area contributed by atoms with Crippen molar-refractivity contribution in [3.8, 4) is 0 Å². The molecule has 2 aromatic rings. The summed E-state index contributed by atoms with van der Waals surface area (Å²) in [5.74, 6) is 0. The van der Waals surface area contributed by atoms with Crippen LogP contribution in [-0.2, 0) is 6.54 Å². The first-order valence-electron chi connectivity index (χ1n) is 6.00. The van der Waals surface area contributed by atoms with Crippen LogP contribution in [0.25, 0.3) is 0 Å². The average molecular weight is 245 g/mol. The van der Waals surface area contributed by atoms with Gasteiger partial charge in [0.25, 0.3) is 0 Å². The Kier molecular flexibility index (Phi) is 3.97. The maximum Gasteiger partial charge on any atom is 0.0305 e. The van der Waals surface area contributed by atoms with E-state index in [9.17, 15) is 0 Å². The highest BCUT2D eigenvalue weighted by Crippen LogP contribution is 2.17. The van der Waals surface area contributed by atoms with Crippen molar-refractivity contribution in [2.45, 2.75) is 33.4 Å². The largest absolute Gasteiger partial charge is 0.305 e. The Morgan fingerprint density at radius 2 is 1.76 bits per heavy atom. The van der Waals surface area contributed by atoms with E-state index in [-0.39, 0.29) is 0 Å². The topological polar surface area (TPSA) is 12.0 Å². The highest BCUT2D eigenvalue weighted by Gasteiger charge is 2.05. The lowest BCUT2D eigenvalue weighted by Gasteiger charge is -2.13. The predicted molar refractivity (Wildman–Crippen MR) is 75.5 cm³/mol. The molecule has 0 aliphatic rings. The molecular weight excluding hydrogens is 226 g/mol. The van der Waals surface area contributed by atoms with Crippen LogP contribution in [-0.4, -0.2) is 0 Å². The number of hydrogen-bond donors (Lipinski definition) is 1. The molecule has 1 nitrogen and oxygen atoms in total. The van der Waals surface area contributed by atoms with E-state index in [0.29, 0.717) is 6.04 Å². The zero-order valence-electron chi connectivity index (χ0n) is 10.7. The van der Waals surface area contributed by atoms with Crippen molar-refractivity contribution in [3.63, 3.8) is 0 Å². The second-order valence-electron chi connectivity index (χ2n) is 4.53. The van der Waals surface area contributed by atoms with E-state index < -0.39 is 0 Å². The molecule has 2 rings (SSSR count). The van der Waals surface area contributed by atoms with Crippen LogP contribution >= 0.6 is 11.3 Å². The molecule has 1 aromatic heterocycles. The first-order valence-corrected chi connectivity index (χ1v) is 6.82. The van der Waals surface area contributed by atoms with Gasteiger partial charge < -0.3 is 5.32 Å². The van der Waals surface area contributed by atoms with Gasteiger partial charge in [-0.15, -0.1) is 11.3 Å². The van der Waals surface area contributed by atoms with Gasteiger partial charge >= 0.3 is 0 Å². The fraction of sp³-hybridized carbons (Fsp3) is 0.333. The van der Waals surface area contributed by atoms with Crippen LogP contribution in [0, 0.1) is 13.8 Å². The summed E-state index contributed by atoms with van der Waals surface area (Å²) in [7, 11) is 0. The van der Waals surface area contributed by atoms with Crippen molar-refractivity contribution < 1.29 is 0 Å². The fourth-order valence-corrected chi connectivity index (χ4v) is 2.65. The highest BCUT2D eigenvalue weighted by molar-refractivity contribution is 7.11. The van der Waals surface area contributed by atoms with Gasteiger partial charge in [-0.25, -0.2) is 0 Å². The van der Waals surface area contributed by atoms with E-state index in [1.54, 1.807) is 0 Å². The van der Waals surface area contributed by atoms with Crippen LogP contribution in [0.3, 0.4) is 0 Å². The van der Waals surface area contributed by atoms with Crippen molar-refractivity contribution >= 4 is 11.3 Å². The van der Waals surface area contributed by atoms with Gasteiger partial charge in [0.1, 0.15) is 0 Å². The van der Waals surface area contributed by atoms with Crippen molar-refractivity contribution in [1.29, 1.82) is 0 Å². The Morgan fingerprint density at radius 3 is 2.35 bits per heavy atom. The lowest BCUT2D eigenvalue weighted by molar-refractivity contribution is 0.579. The number of nitrogens with one attached hydrogen (secondary N) is 1. The second kappa shape index (κ2) is 5.48. The summed E-state index contributed by atoms with van der Waals surface area (Å²) in [6, 6.07) is 13.5. The highest BCUT2D eigenvalue weighted by atomic mass is 32.1. The third kappa shape index (κ3) is 3.42. The van der Waals surface area contributed by atoms with E-state index in [2.05, 4.69) is 62.5 Å². The van der Waals surface area contributed by atoms with Crippen LogP contribution in [0.2, 0.25) is 0 Å². The Labute approximate surface area is 108 Å². The van der Waals surface area contributed by atoms with Crippen LogP contribution in [0.15, 0.2) is 36.4 Å². The van der Waals surface area contributed by atoms with Gasteiger partial charge in [0.2, 0.25) is 0 Å². The molecule has 1 atom stereocenters. The maximum atomic E-state index is 3.56. The zero-order valence-corrected chi connectivity index (χ0v) is 11.5. The molecule has 1 N–H and O–H groups in total. The molecule has 0 fully saturated rings. The molecule has 0 bridgehead atoms. The van der Waals surface area contributed by atoms with Gasteiger partial charge in [0.05, 0.1) is 0 Å². The van der Waals surface area contributed by atoms with E-state index >= 15 is 0 Å². The van der Waals surface area contributed by atoms with Gasteiger partial charge in [-0.05, 0) is 38.5 Å². The summed E-state index contributed by atoms with van der Waals surface area (Å²) in [6.45, 7) is 7.44. The van der Waals surface area contributed by atoms with Crippen LogP contribution in [0.4, 0.5) is 0 Å². The van der Waals surface area contributed by atoms with E-state index in [1.807, 2.05) is 11.3 Å². The molecule has 0 aliphatic carbocycles. The smallest absolute Gasteiger partial charge is 0.0305 e. The zero-order chi connectivity index (χ0) is 12.3. The van der Waals surface area contributed by atoms with E-state index in [1.165, 1.54) is 20.9 Å². The Balaban J connectivity index is 1.93. The molecule has 90 valence electrons. The quantitative estimate of drug-likeness (QED) is 0.850. The van der Waals surface area contributed by atoms with E-state index in [0.717, 1.165) is 6.54 Å². The molecule has 0 unspecified atom stereocenters. The molecule has 1 aromatic carbocycles. The number of rotatable bonds is 4. The molecule has 0 amide bonds. The van der Waals surface area contributed by atoms with Crippen molar-refractivity contribution in [2.75, 3.05) is 0 Å². The maximum absolute atomic E-state index is 3.56. The predicted octanol–water partition coefficient (Wildman–Crippen LogP) is 4.22. The minimum absolute atomic E-state index is 0.401. The number of thiophene rings is 1. The lowest BCUT2D eigenvalue weighted by Crippen LogP contribution is -2.17. The van der Waals surface area contributed by atoms with Gasteiger partial charge in [-0.1, -0.05) is 29.8 Å². The van der Waals surface area contributed by atoms with Crippen molar-refractivity contribution in [2.24, 2.45) is 0 Å². The molecule has 2 heteroatoms. The summed E-state index contributed by atoms with van der Waals surface area (Å²) in [5, 5.41) is 3.56. The second-order valence-corrected chi connectivity index (χ2v) is 5.90. The van der Waals surface area contributed by atoms with Crippen LogP contribution < -0.4 is 5.32 Å². The monoisotopic (exact) mass is 245 g/mol. The minimum Gasteiger partial charge on any atom is -0.305 e. The first-order chi connectivity index (χ1) is 8.15. The number of benzene rings is 1. The molecule has 0 saturated carbocycles. The average Bonchev–Trinajstić information content (AvgIpc) is 2.73. The Hall–Kier alpha value is -1.12. The summed E-state index contributed by atoms with van der Waals surface area (Å²) >= 11 is 1.86. The normalized spacial score (nSPS) is 12.6. The summed E-state index contributed by atoms with van der Waals surface area (Å²) in [6.07, 6.45) is 0. The molecule has 0 spiro atoms. The Bertz CT molecular complexity index is 470. The van der Waals surface area contributed by atoms with Crippen LogP contribution in [0.5, 0.6) is 0 Å². The molecule has 1 heterocycles. The fourth-order valence-electron chi connectivity index (χ4n) is 1.81. The minimum atomic E-state index is 0.401. The third-order valence-corrected chi connectivity index (χ3v) is 3.96. The molecular formula is C15H19NS.